The zero-order valence-electron chi connectivity index (χ0n) is 27.1. The average molecular weight is 577 g/mol. The maximum atomic E-state index is 13.2. The van der Waals surface area contributed by atoms with Gasteiger partial charge in [-0.2, -0.15) is 0 Å². The predicted octanol–water partition coefficient (Wildman–Crippen LogP) is 7.43. The van der Waals surface area contributed by atoms with Crippen molar-refractivity contribution in [3.8, 4) is 0 Å². The zero-order valence-corrected chi connectivity index (χ0v) is 27.1. The van der Waals surface area contributed by atoms with Gasteiger partial charge in [-0.1, -0.05) is 24.3 Å². The molecule has 0 unspecified atom stereocenters. The summed E-state index contributed by atoms with van der Waals surface area (Å²) in [4.78, 5) is 26.3. The van der Waals surface area contributed by atoms with E-state index in [9.17, 15) is 9.59 Å². The van der Waals surface area contributed by atoms with E-state index < -0.39 is 0 Å². The Morgan fingerprint density at radius 2 is 1.14 bits per heavy atom. The van der Waals surface area contributed by atoms with Crippen LogP contribution >= 0.6 is 0 Å². The molecule has 0 aromatic heterocycles. The van der Waals surface area contributed by atoms with Crippen molar-refractivity contribution in [3.05, 3.63) is 47.5 Å². The fraction of sp³-hybridized carbons (Fsp3) is 0.667. The standard InChI is InChI=1S/C36H52N2O4/c1-33(2)19-29(20-34(3,4)37-33)41-31(39)25-13-9-23(10-14-25)26-15-11-24-12-16-27(18-28(24)17-26)32(40)42-30-21-35(5,6)38-36(7,8)22-30/h11-12,15-18,23,25,29-30,37-38H,9-10,13-14,19-22H2,1-8H3. The Kier molecular flexibility index (Phi) is 8.30. The van der Waals surface area contributed by atoms with Gasteiger partial charge in [-0.25, -0.2) is 4.79 Å². The summed E-state index contributed by atoms with van der Waals surface area (Å²) in [7, 11) is 0. The second-order valence-corrected chi connectivity index (χ2v) is 16.1. The van der Waals surface area contributed by atoms with Gasteiger partial charge in [0.15, 0.2) is 0 Å². The number of carbonyl (C=O) groups excluding carboxylic acids is 2. The largest absolute Gasteiger partial charge is 0.462 e. The van der Waals surface area contributed by atoms with Gasteiger partial charge < -0.3 is 20.1 Å². The molecule has 2 aliphatic heterocycles. The van der Waals surface area contributed by atoms with Gasteiger partial charge in [-0.3, -0.25) is 4.79 Å². The van der Waals surface area contributed by atoms with E-state index in [-0.39, 0.29) is 52.2 Å². The van der Waals surface area contributed by atoms with Crippen LogP contribution in [0.3, 0.4) is 0 Å². The summed E-state index contributed by atoms with van der Waals surface area (Å²) in [6.07, 6.45) is 6.79. The second kappa shape index (κ2) is 11.2. The van der Waals surface area contributed by atoms with E-state index in [2.05, 4.69) is 84.2 Å². The molecule has 2 heterocycles. The molecule has 42 heavy (non-hydrogen) atoms. The van der Waals surface area contributed by atoms with Crippen molar-refractivity contribution < 1.29 is 19.1 Å². The highest BCUT2D eigenvalue weighted by molar-refractivity contribution is 5.95. The van der Waals surface area contributed by atoms with Crippen molar-refractivity contribution in [2.75, 3.05) is 0 Å². The zero-order chi connectivity index (χ0) is 30.5. The van der Waals surface area contributed by atoms with Crippen LogP contribution in [0.1, 0.15) is 129 Å². The molecular formula is C36H52N2O4. The number of nitrogens with one attached hydrogen (secondary N) is 2. The van der Waals surface area contributed by atoms with E-state index in [0.717, 1.165) is 62.1 Å². The van der Waals surface area contributed by atoms with Gasteiger partial charge in [-0.05, 0) is 115 Å². The molecule has 2 aromatic carbocycles. The molecule has 230 valence electrons. The molecule has 6 nitrogen and oxygen atoms in total. The first kappa shape index (κ1) is 31.0. The third kappa shape index (κ3) is 7.55. The van der Waals surface area contributed by atoms with Gasteiger partial charge in [0.2, 0.25) is 0 Å². The SMILES string of the molecule is CC1(C)CC(OC(=O)c2ccc3ccc(C4CCC(C(=O)OC5CC(C)(C)NC(C)(C)C5)CC4)cc3c2)CC(C)(C)N1. The Morgan fingerprint density at radius 3 is 1.69 bits per heavy atom. The van der Waals surface area contributed by atoms with Gasteiger partial charge >= 0.3 is 11.9 Å². The van der Waals surface area contributed by atoms with Crippen LogP contribution in [0.2, 0.25) is 0 Å². The summed E-state index contributed by atoms with van der Waals surface area (Å²) in [6.45, 7) is 17.4. The first-order valence-electron chi connectivity index (χ1n) is 16.0. The van der Waals surface area contributed by atoms with Crippen molar-refractivity contribution in [1.82, 2.24) is 10.6 Å². The van der Waals surface area contributed by atoms with Gasteiger partial charge in [0.1, 0.15) is 12.2 Å². The summed E-state index contributed by atoms with van der Waals surface area (Å²) in [6, 6.07) is 12.5. The highest BCUT2D eigenvalue weighted by Crippen LogP contribution is 2.39. The quantitative estimate of drug-likeness (QED) is 0.361. The minimum Gasteiger partial charge on any atom is -0.462 e. The third-order valence-corrected chi connectivity index (χ3v) is 9.49. The van der Waals surface area contributed by atoms with Crippen LogP contribution in [0.5, 0.6) is 0 Å². The van der Waals surface area contributed by atoms with Gasteiger partial charge in [0, 0.05) is 47.8 Å². The van der Waals surface area contributed by atoms with Crippen LogP contribution in [0.15, 0.2) is 36.4 Å². The maximum absolute atomic E-state index is 13.2. The second-order valence-electron chi connectivity index (χ2n) is 16.1. The van der Waals surface area contributed by atoms with E-state index in [1.54, 1.807) is 0 Å². The van der Waals surface area contributed by atoms with E-state index in [4.69, 9.17) is 9.47 Å². The number of esters is 2. The Balaban J connectivity index is 1.20. The van der Waals surface area contributed by atoms with E-state index >= 15 is 0 Å². The first-order chi connectivity index (χ1) is 19.5. The smallest absolute Gasteiger partial charge is 0.338 e. The third-order valence-electron chi connectivity index (χ3n) is 9.49. The molecule has 0 bridgehead atoms. The van der Waals surface area contributed by atoms with E-state index in [1.807, 2.05) is 18.2 Å². The van der Waals surface area contributed by atoms with E-state index in [1.165, 1.54) is 5.56 Å². The van der Waals surface area contributed by atoms with Crippen molar-refractivity contribution >= 4 is 22.7 Å². The molecule has 2 aromatic rings. The highest BCUT2D eigenvalue weighted by Gasteiger charge is 2.41. The number of carbonyl (C=O) groups is 2. The van der Waals surface area contributed by atoms with Gasteiger partial charge in [-0.15, -0.1) is 0 Å². The van der Waals surface area contributed by atoms with Crippen LogP contribution < -0.4 is 10.6 Å². The van der Waals surface area contributed by atoms with Gasteiger partial charge in [0.25, 0.3) is 0 Å². The molecule has 2 saturated heterocycles. The van der Waals surface area contributed by atoms with E-state index in [0.29, 0.717) is 11.5 Å². The Morgan fingerprint density at radius 1 is 0.643 bits per heavy atom. The molecule has 0 spiro atoms. The van der Waals surface area contributed by atoms with Gasteiger partial charge in [0.05, 0.1) is 11.5 Å². The molecule has 1 aliphatic carbocycles. The highest BCUT2D eigenvalue weighted by atomic mass is 16.5. The number of ether oxygens (including phenoxy) is 2. The fourth-order valence-corrected chi connectivity index (χ4v) is 8.41. The van der Waals surface area contributed by atoms with Crippen molar-refractivity contribution in [1.29, 1.82) is 0 Å². The maximum Gasteiger partial charge on any atom is 0.338 e. The molecule has 0 atom stereocenters. The van der Waals surface area contributed by atoms with Crippen molar-refractivity contribution in [3.63, 3.8) is 0 Å². The van der Waals surface area contributed by atoms with Crippen LogP contribution in [0.25, 0.3) is 10.8 Å². The molecule has 5 rings (SSSR count). The molecular weight excluding hydrogens is 524 g/mol. The summed E-state index contributed by atoms with van der Waals surface area (Å²) >= 11 is 0. The Labute approximate surface area is 252 Å². The number of benzene rings is 2. The molecule has 0 radical (unpaired) electrons. The fourth-order valence-electron chi connectivity index (χ4n) is 8.41. The van der Waals surface area contributed by atoms with Crippen LogP contribution in [-0.2, 0) is 14.3 Å². The lowest BCUT2D eigenvalue weighted by Crippen LogP contribution is -2.59. The topological polar surface area (TPSA) is 76.7 Å². The molecule has 1 saturated carbocycles. The number of rotatable bonds is 5. The molecule has 3 fully saturated rings. The van der Waals surface area contributed by atoms with Crippen LogP contribution in [-0.4, -0.2) is 46.3 Å². The average Bonchev–Trinajstić information content (AvgIpc) is 2.84. The van der Waals surface area contributed by atoms with Crippen molar-refractivity contribution in [2.45, 2.75) is 147 Å². The lowest BCUT2D eigenvalue weighted by Gasteiger charge is -2.46. The molecule has 3 aliphatic rings. The molecule has 2 N–H and O–H groups in total. The minimum atomic E-state index is -0.250. The van der Waals surface area contributed by atoms with Crippen LogP contribution in [0, 0.1) is 5.92 Å². The summed E-state index contributed by atoms with van der Waals surface area (Å²) in [5, 5.41) is 9.49. The summed E-state index contributed by atoms with van der Waals surface area (Å²) in [5.41, 5.74) is 1.63. The Hall–Kier alpha value is -2.44. The minimum absolute atomic E-state index is 0.0193. The summed E-state index contributed by atoms with van der Waals surface area (Å²) in [5.74, 6) is 0.119. The monoisotopic (exact) mass is 576 g/mol. The lowest BCUT2D eigenvalue weighted by atomic mass is 9.78. The number of piperidine rings is 2. The normalized spacial score (nSPS) is 27.3. The summed E-state index contributed by atoms with van der Waals surface area (Å²) < 4.78 is 12.1. The lowest BCUT2D eigenvalue weighted by molar-refractivity contribution is -0.159. The van der Waals surface area contributed by atoms with Crippen molar-refractivity contribution in [2.24, 2.45) is 5.92 Å². The first-order valence-corrected chi connectivity index (χ1v) is 16.0. The molecule has 6 heteroatoms. The predicted molar refractivity (Wildman–Crippen MR) is 169 cm³/mol. The molecule has 0 amide bonds. The Bertz CT molecular complexity index is 1290. The number of hydrogen-bond acceptors (Lipinski definition) is 6. The number of hydrogen-bond donors (Lipinski definition) is 2. The number of fused-ring (bicyclic) bond motifs is 1. The van der Waals surface area contributed by atoms with Crippen LogP contribution in [0.4, 0.5) is 0 Å².